The van der Waals surface area contributed by atoms with Crippen molar-refractivity contribution in [3.8, 4) is 0 Å². The van der Waals surface area contributed by atoms with Gasteiger partial charge < -0.3 is 10.6 Å². The summed E-state index contributed by atoms with van der Waals surface area (Å²) in [6, 6.07) is 6.32. The highest BCUT2D eigenvalue weighted by atomic mass is 79.9. The number of hydrogen-bond acceptors (Lipinski definition) is 2. The summed E-state index contributed by atoms with van der Waals surface area (Å²) in [5.74, 6) is 0. The number of allylic oxidation sites excluding steroid dienone is 2. The summed E-state index contributed by atoms with van der Waals surface area (Å²) < 4.78 is 1.11. The molecular weight excluding hydrogens is 264 g/mol. The highest BCUT2D eigenvalue weighted by Crippen LogP contribution is 2.27. The molecule has 2 nitrogen and oxygen atoms in total. The SMILES string of the molecule is Cc1cc(Br)ccc1N1CC=CC=C1CN. The summed E-state index contributed by atoms with van der Waals surface area (Å²) in [6.07, 6.45) is 6.28. The molecule has 1 aliphatic heterocycles. The smallest absolute Gasteiger partial charge is 0.0442 e. The van der Waals surface area contributed by atoms with E-state index < -0.39 is 0 Å². The van der Waals surface area contributed by atoms with Crippen LogP contribution in [0.1, 0.15) is 5.56 Å². The van der Waals surface area contributed by atoms with Crippen LogP contribution in [0.2, 0.25) is 0 Å². The highest BCUT2D eigenvalue weighted by molar-refractivity contribution is 9.10. The van der Waals surface area contributed by atoms with Gasteiger partial charge in [0, 0.05) is 28.9 Å². The summed E-state index contributed by atoms with van der Waals surface area (Å²) in [5.41, 5.74) is 9.40. The topological polar surface area (TPSA) is 29.3 Å². The number of rotatable bonds is 2. The maximum absolute atomic E-state index is 5.76. The molecule has 1 aromatic rings. The van der Waals surface area contributed by atoms with Crippen molar-refractivity contribution < 1.29 is 0 Å². The van der Waals surface area contributed by atoms with Crippen LogP contribution in [0.15, 0.2) is 46.6 Å². The van der Waals surface area contributed by atoms with Crippen LogP contribution >= 0.6 is 15.9 Å². The van der Waals surface area contributed by atoms with Crippen molar-refractivity contribution in [1.82, 2.24) is 0 Å². The normalized spacial score (nSPS) is 15.2. The molecule has 1 heterocycles. The van der Waals surface area contributed by atoms with Crippen LogP contribution in [-0.4, -0.2) is 13.1 Å². The maximum Gasteiger partial charge on any atom is 0.0442 e. The third-order valence-corrected chi connectivity index (χ3v) is 3.21. The summed E-state index contributed by atoms with van der Waals surface area (Å²) in [5, 5.41) is 0. The van der Waals surface area contributed by atoms with Gasteiger partial charge >= 0.3 is 0 Å². The van der Waals surface area contributed by atoms with Gasteiger partial charge in [-0.25, -0.2) is 0 Å². The Morgan fingerprint density at radius 1 is 1.44 bits per heavy atom. The van der Waals surface area contributed by atoms with Crippen LogP contribution in [0.25, 0.3) is 0 Å². The van der Waals surface area contributed by atoms with Crippen LogP contribution in [0.3, 0.4) is 0 Å². The molecule has 3 heteroatoms. The zero-order chi connectivity index (χ0) is 11.5. The van der Waals surface area contributed by atoms with Crippen molar-refractivity contribution in [2.24, 2.45) is 5.73 Å². The van der Waals surface area contributed by atoms with E-state index in [2.05, 4.69) is 64.2 Å². The molecular formula is C13H15BrN2. The minimum atomic E-state index is 0.569. The Hall–Kier alpha value is -1.06. The lowest BCUT2D eigenvalue weighted by Crippen LogP contribution is -2.29. The molecule has 0 fully saturated rings. The number of benzene rings is 1. The van der Waals surface area contributed by atoms with Crippen molar-refractivity contribution in [3.63, 3.8) is 0 Å². The van der Waals surface area contributed by atoms with Crippen LogP contribution < -0.4 is 10.6 Å². The van der Waals surface area contributed by atoms with Crippen molar-refractivity contribution in [2.75, 3.05) is 18.0 Å². The fraction of sp³-hybridized carbons (Fsp3) is 0.231. The van der Waals surface area contributed by atoms with E-state index in [1.807, 2.05) is 0 Å². The Kier molecular flexibility index (Phi) is 3.46. The highest BCUT2D eigenvalue weighted by Gasteiger charge is 2.13. The summed E-state index contributed by atoms with van der Waals surface area (Å²) >= 11 is 3.48. The minimum Gasteiger partial charge on any atom is -0.340 e. The van der Waals surface area contributed by atoms with E-state index in [9.17, 15) is 0 Å². The van der Waals surface area contributed by atoms with Gasteiger partial charge in [0.05, 0.1) is 0 Å². The fourth-order valence-electron chi connectivity index (χ4n) is 1.91. The predicted octanol–water partition coefficient (Wildman–Crippen LogP) is 2.98. The first-order valence-corrected chi connectivity index (χ1v) is 6.11. The van der Waals surface area contributed by atoms with E-state index in [1.165, 1.54) is 11.3 Å². The molecule has 1 aliphatic rings. The van der Waals surface area contributed by atoms with Crippen LogP contribution in [0, 0.1) is 6.92 Å². The standard InChI is InChI=1S/C13H15BrN2/c1-10-8-11(14)5-6-13(10)16-7-3-2-4-12(16)9-15/h2-6,8H,7,9,15H2,1H3. The van der Waals surface area contributed by atoms with E-state index in [4.69, 9.17) is 5.73 Å². The number of aryl methyl sites for hydroxylation is 1. The van der Waals surface area contributed by atoms with Gasteiger partial charge in [-0.2, -0.15) is 0 Å². The first kappa shape index (κ1) is 11.4. The Labute approximate surface area is 105 Å². The van der Waals surface area contributed by atoms with Gasteiger partial charge in [0.25, 0.3) is 0 Å². The van der Waals surface area contributed by atoms with E-state index in [1.54, 1.807) is 0 Å². The van der Waals surface area contributed by atoms with Gasteiger partial charge in [0.1, 0.15) is 0 Å². The van der Waals surface area contributed by atoms with E-state index in [0.29, 0.717) is 6.54 Å². The second-order valence-corrected chi connectivity index (χ2v) is 4.75. The summed E-state index contributed by atoms with van der Waals surface area (Å²) in [4.78, 5) is 2.25. The second kappa shape index (κ2) is 4.85. The number of hydrogen-bond donors (Lipinski definition) is 1. The molecule has 0 atom stereocenters. The average molecular weight is 279 g/mol. The third kappa shape index (κ3) is 2.20. The van der Waals surface area contributed by atoms with Crippen LogP contribution in [0.5, 0.6) is 0 Å². The molecule has 0 saturated heterocycles. The van der Waals surface area contributed by atoms with E-state index in [-0.39, 0.29) is 0 Å². The van der Waals surface area contributed by atoms with Crippen LogP contribution in [-0.2, 0) is 0 Å². The molecule has 84 valence electrons. The summed E-state index contributed by atoms with van der Waals surface area (Å²) in [6.45, 7) is 3.58. The predicted molar refractivity (Wildman–Crippen MR) is 72.5 cm³/mol. The molecule has 0 aromatic heterocycles. The quantitative estimate of drug-likeness (QED) is 0.901. The molecule has 0 amide bonds. The Bertz CT molecular complexity index is 449. The Morgan fingerprint density at radius 2 is 2.25 bits per heavy atom. The average Bonchev–Trinajstić information content (AvgIpc) is 2.29. The first-order valence-electron chi connectivity index (χ1n) is 5.32. The molecule has 0 radical (unpaired) electrons. The van der Waals surface area contributed by atoms with Crippen molar-refractivity contribution >= 4 is 21.6 Å². The zero-order valence-corrected chi connectivity index (χ0v) is 10.9. The third-order valence-electron chi connectivity index (χ3n) is 2.72. The fourth-order valence-corrected chi connectivity index (χ4v) is 2.38. The number of nitrogens with two attached hydrogens (primary N) is 1. The van der Waals surface area contributed by atoms with Gasteiger partial charge in [-0.15, -0.1) is 0 Å². The molecule has 2 N–H and O–H groups in total. The lowest BCUT2D eigenvalue weighted by molar-refractivity contribution is 0.934. The molecule has 0 bridgehead atoms. The number of anilines is 1. The Morgan fingerprint density at radius 3 is 2.94 bits per heavy atom. The second-order valence-electron chi connectivity index (χ2n) is 3.83. The lowest BCUT2D eigenvalue weighted by Gasteiger charge is -2.29. The summed E-state index contributed by atoms with van der Waals surface area (Å²) in [7, 11) is 0. The van der Waals surface area contributed by atoms with Crippen LogP contribution in [0.4, 0.5) is 5.69 Å². The maximum atomic E-state index is 5.76. The minimum absolute atomic E-state index is 0.569. The van der Waals surface area contributed by atoms with E-state index in [0.717, 1.165) is 16.7 Å². The molecule has 2 rings (SSSR count). The molecule has 0 spiro atoms. The largest absolute Gasteiger partial charge is 0.340 e. The van der Waals surface area contributed by atoms with Gasteiger partial charge in [-0.05, 0) is 36.8 Å². The van der Waals surface area contributed by atoms with Gasteiger partial charge in [0.15, 0.2) is 0 Å². The number of halogens is 1. The van der Waals surface area contributed by atoms with Gasteiger partial charge in [-0.3, -0.25) is 0 Å². The van der Waals surface area contributed by atoms with Gasteiger partial charge in [-0.1, -0.05) is 28.1 Å². The van der Waals surface area contributed by atoms with Crippen molar-refractivity contribution in [1.29, 1.82) is 0 Å². The first-order chi connectivity index (χ1) is 7.72. The van der Waals surface area contributed by atoms with Gasteiger partial charge in [0.2, 0.25) is 0 Å². The number of nitrogens with zero attached hydrogens (tertiary/aromatic N) is 1. The lowest BCUT2D eigenvalue weighted by atomic mass is 10.1. The molecule has 1 aromatic carbocycles. The molecule has 16 heavy (non-hydrogen) atoms. The molecule has 0 unspecified atom stereocenters. The molecule has 0 saturated carbocycles. The van der Waals surface area contributed by atoms with Crippen molar-refractivity contribution in [2.45, 2.75) is 6.92 Å². The monoisotopic (exact) mass is 278 g/mol. The van der Waals surface area contributed by atoms with E-state index >= 15 is 0 Å². The molecule has 0 aliphatic carbocycles. The van der Waals surface area contributed by atoms with Crippen molar-refractivity contribution in [3.05, 3.63) is 52.2 Å². The Balaban J connectivity index is 2.37. The zero-order valence-electron chi connectivity index (χ0n) is 9.28.